The third kappa shape index (κ3) is 5.54. The Morgan fingerprint density at radius 1 is 1.30 bits per heavy atom. The first-order chi connectivity index (χ1) is 4.04. The quantitative estimate of drug-likeness (QED) is 0.565. The van der Waals surface area contributed by atoms with Crippen LogP contribution in [0.25, 0.3) is 0 Å². The molecule has 0 atom stereocenters. The summed E-state index contributed by atoms with van der Waals surface area (Å²) in [5, 5.41) is 16.1. The Morgan fingerprint density at radius 3 is 1.80 bits per heavy atom. The summed E-state index contributed by atoms with van der Waals surface area (Å²) in [7, 11) is 0. The predicted molar refractivity (Wildman–Crippen MR) is 44.4 cm³/mol. The zero-order chi connectivity index (χ0) is 7.44. The van der Waals surface area contributed by atoms with E-state index in [1.807, 2.05) is 0 Å². The minimum absolute atomic E-state index is 0. The molecule has 4 nitrogen and oxygen atoms in total. The van der Waals surface area contributed by atoms with Gasteiger partial charge in [0.1, 0.15) is 0 Å². The topological polar surface area (TPSA) is 74.6 Å². The Kier molecular flexibility index (Phi) is 6.32. The number of carboxylic acid groups (broad SMARTS) is 2. The van der Waals surface area contributed by atoms with Crippen LogP contribution in [0.4, 0.5) is 0 Å². The Morgan fingerprint density at radius 2 is 1.70 bits per heavy atom. The largest absolute Gasteiger partial charge is 0.478 e. The van der Waals surface area contributed by atoms with Gasteiger partial charge in [0.25, 0.3) is 0 Å². The van der Waals surface area contributed by atoms with Gasteiger partial charge in [-0.2, -0.15) is 0 Å². The van der Waals surface area contributed by atoms with Crippen molar-refractivity contribution >= 4 is 35.9 Å². The lowest BCUT2D eigenvalue weighted by Gasteiger charge is -1.86. The van der Waals surface area contributed by atoms with Crippen molar-refractivity contribution < 1.29 is 19.8 Å². The van der Waals surface area contributed by atoms with Crippen molar-refractivity contribution in [3.8, 4) is 0 Å². The predicted octanol–water partition coefficient (Wildman–Crippen LogP) is 0.720. The molecular weight excluding hydrogens is 251 g/mol. The van der Waals surface area contributed by atoms with Crippen LogP contribution in [0.15, 0.2) is 11.6 Å². The van der Waals surface area contributed by atoms with E-state index in [-0.39, 0.29) is 29.5 Å². The molecule has 0 radical (unpaired) electrons. The molecule has 0 saturated carbocycles. The molecule has 0 aliphatic rings. The second-order valence-electron chi connectivity index (χ2n) is 1.47. The zero-order valence-corrected chi connectivity index (χ0v) is 7.53. The maximum absolute atomic E-state index is 9.90. The summed E-state index contributed by atoms with van der Waals surface area (Å²) >= 11 is 0. The number of rotatable bonds is 2. The van der Waals surface area contributed by atoms with Gasteiger partial charge in [0.05, 0.1) is 0 Å². The summed E-state index contributed by atoms with van der Waals surface area (Å²) in [6.07, 6.45) is 0.641. The van der Waals surface area contributed by atoms with Crippen LogP contribution in [-0.2, 0) is 9.59 Å². The van der Waals surface area contributed by atoms with E-state index >= 15 is 0 Å². The summed E-state index contributed by atoms with van der Waals surface area (Å²) in [5.74, 6) is -2.45. The van der Waals surface area contributed by atoms with Crippen molar-refractivity contribution in [1.29, 1.82) is 0 Å². The molecular formula is C5H7IO4. The molecule has 58 valence electrons. The van der Waals surface area contributed by atoms with Gasteiger partial charge in [-0.15, -0.1) is 24.0 Å². The molecule has 5 heteroatoms. The highest BCUT2D eigenvalue weighted by molar-refractivity contribution is 14.0. The van der Waals surface area contributed by atoms with E-state index in [4.69, 9.17) is 10.2 Å². The number of hydrogen-bond acceptors (Lipinski definition) is 2. The maximum Gasteiger partial charge on any atom is 0.331 e. The molecule has 0 fully saturated rings. The molecule has 0 bridgehead atoms. The van der Waals surface area contributed by atoms with E-state index in [0.29, 0.717) is 6.08 Å². The highest BCUT2D eigenvalue weighted by atomic mass is 127. The lowest BCUT2D eigenvalue weighted by Crippen LogP contribution is -1.99. The van der Waals surface area contributed by atoms with Crippen LogP contribution < -0.4 is 0 Å². The summed E-state index contributed by atoms with van der Waals surface area (Å²) in [5.41, 5.74) is -0.178. The minimum Gasteiger partial charge on any atom is -0.478 e. The van der Waals surface area contributed by atoms with Gasteiger partial charge in [0.15, 0.2) is 0 Å². The molecule has 0 aromatic heterocycles. The van der Waals surface area contributed by atoms with Gasteiger partial charge in [-0.3, -0.25) is 0 Å². The summed E-state index contributed by atoms with van der Waals surface area (Å²) in [6.45, 7) is 1.22. The van der Waals surface area contributed by atoms with Crippen LogP contribution in [0.2, 0.25) is 0 Å². The normalized spacial score (nSPS) is 9.90. The number of carboxylic acids is 2. The van der Waals surface area contributed by atoms with Gasteiger partial charge in [-0.25, -0.2) is 9.59 Å². The average Bonchev–Trinajstić information content (AvgIpc) is 1.63. The monoisotopic (exact) mass is 258 g/mol. The molecule has 0 heterocycles. The molecule has 0 unspecified atom stereocenters. The SMILES string of the molecule is CC(=CC(=O)O)C(=O)O.I. The minimum atomic E-state index is -1.24. The van der Waals surface area contributed by atoms with Crippen LogP contribution in [0, 0.1) is 0 Å². The number of carbonyl (C=O) groups is 2. The second kappa shape index (κ2) is 5.21. The van der Waals surface area contributed by atoms with Crippen molar-refractivity contribution in [2.45, 2.75) is 6.92 Å². The molecule has 0 amide bonds. The van der Waals surface area contributed by atoms with E-state index in [0.717, 1.165) is 0 Å². The maximum atomic E-state index is 9.90. The Labute approximate surface area is 74.6 Å². The molecule has 2 N–H and O–H groups in total. The Bertz CT molecular complexity index is 172. The van der Waals surface area contributed by atoms with Crippen molar-refractivity contribution in [2.24, 2.45) is 0 Å². The average molecular weight is 258 g/mol. The van der Waals surface area contributed by atoms with E-state index in [1.165, 1.54) is 6.92 Å². The molecule has 0 spiro atoms. The number of aliphatic carboxylic acids is 2. The molecule has 0 rings (SSSR count). The fourth-order valence-electron chi connectivity index (χ4n) is 0.247. The second-order valence-corrected chi connectivity index (χ2v) is 1.47. The molecule has 0 saturated heterocycles. The van der Waals surface area contributed by atoms with E-state index in [9.17, 15) is 9.59 Å². The first kappa shape index (κ1) is 12.1. The molecule has 0 aromatic rings. The zero-order valence-electron chi connectivity index (χ0n) is 5.20. The Hall–Kier alpha value is -0.590. The molecule has 0 aliphatic carbocycles. The van der Waals surface area contributed by atoms with Crippen LogP contribution in [0.1, 0.15) is 6.92 Å². The smallest absolute Gasteiger partial charge is 0.331 e. The number of hydrogen-bond donors (Lipinski definition) is 2. The number of halogens is 1. The van der Waals surface area contributed by atoms with Gasteiger partial charge in [0, 0.05) is 11.6 Å². The fraction of sp³-hybridized carbons (Fsp3) is 0.200. The fourth-order valence-corrected chi connectivity index (χ4v) is 0.247. The van der Waals surface area contributed by atoms with Gasteiger partial charge in [0.2, 0.25) is 0 Å². The first-order valence-electron chi connectivity index (χ1n) is 2.18. The van der Waals surface area contributed by atoms with Crippen LogP contribution >= 0.6 is 24.0 Å². The van der Waals surface area contributed by atoms with Crippen molar-refractivity contribution in [3.05, 3.63) is 11.6 Å². The van der Waals surface area contributed by atoms with E-state index < -0.39 is 11.9 Å². The Balaban J connectivity index is 0. The van der Waals surface area contributed by atoms with Crippen molar-refractivity contribution in [2.75, 3.05) is 0 Å². The van der Waals surface area contributed by atoms with Crippen molar-refractivity contribution in [1.82, 2.24) is 0 Å². The highest BCUT2D eigenvalue weighted by Gasteiger charge is 2.00. The summed E-state index contributed by atoms with van der Waals surface area (Å²) in [4.78, 5) is 19.7. The first-order valence-corrected chi connectivity index (χ1v) is 2.18. The van der Waals surface area contributed by atoms with Gasteiger partial charge < -0.3 is 10.2 Å². The third-order valence-electron chi connectivity index (χ3n) is 0.677. The van der Waals surface area contributed by atoms with E-state index in [2.05, 4.69) is 0 Å². The standard InChI is InChI=1S/C5H6O4.HI/c1-3(5(8)9)2-4(6)7;/h2H,1H3,(H,6,7)(H,8,9);1H. The molecule has 0 aliphatic heterocycles. The van der Waals surface area contributed by atoms with Gasteiger partial charge >= 0.3 is 11.9 Å². The van der Waals surface area contributed by atoms with Crippen LogP contribution in [0.5, 0.6) is 0 Å². The third-order valence-corrected chi connectivity index (χ3v) is 0.677. The summed E-state index contributed by atoms with van der Waals surface area (Å²) < 4.78 is 0. The van der Waals surface area contributed by atoms with E-state index in [1.54, 1.807) is 0 Å². The van der Waals surface area contributed by atoms with Crippen molar-refractivity contribution in [3.63, 3.8) is 0 Å². The molecule has 10 heavy (non-hydrogen) atoms. The van der Waals surface area contributed by atoms with Crippen LogP contribution in [0.3, 0.4) is 0 Å². The van der Waals surface area contributed by atoms with Crippen LogP contribution in [-0.4, -0.2) is 22.2 Å². The lowest BCUT2D eigenvalue weighted by molar-refractivity contribution is -0.135. The summed E-state index contributed by atoms with van der Waals surface area (Å²) in [6, 6.07) is 0. The molecule has 0 aromatic carbocycles. The highest BCUT2D eigenvalue weighted by Crippen LogP contribution is 1.89. The van der Waals surface area contributed by atoms with Gasteiger partial charge in [-0.05, 0) is 6.92 Å². The van der Waals surface area contributed by atoms with Gasteiger partial charge in [-0.1, -0.05) is 0 Å². The lowest BCUT2D eigenvalue weighted by atomic mass is 10.3.